The van der Waals surface area contributed by atoms with Gasteiger partial charge in [0.1, 0.15) is 11.3 Å². The lowest BCUT2D eigenvalue weighted by atomic mass is 10.1. The number of nitrogen functional groups attached to an aromatic ring is 1. The maximum absolute atomic E-state index is 5.99. The van der Waals surface area contributed by atoms with Crippen LogP contribution >= 0.6 is 0 Å². The van der Waals surface area contributed by atoms with Crippen LogP contribution in [0.4, 0.5) is 5.69 Å². The van der Waals surface area contributed by atoms with Gasteiger partial charge in [-0.05, 0) is 30.3 Å². The summed E-state index contributed by atoms with van der Waals surface area (Å²) in [4.78, 5) is 0. The van der Waals surface area contributed by atoms with E-state index < -0.39 is 0 Å². The van der Waals surface area contributed by atoms with Crippen LogP contribution in [0.15, 0.2) is 42.5 Å². The van der Waals surface area contributed by atoms with Gasteiger partial charge >= 0.3 is 0 Å². The number of para-hydroxylation sites is 1. The maximum atomic E-state index is 5.99. The van der Waals surface area contributed by atoms with Gasteiger partial charge in [-0.3, -0.25) is 0 Å². The molecule has 0 bridgehead atoms. The minimum absolute atomic E-state index is 0.573. The number of benzene rings is 2. The van der Waals surface area contributed by atoms with Gasteiger partial charge < -0.3 is 10.5 Å². The van der Waals surface area contributed by atoms with Gasteiger partial charge in [-0.25, -0.2) is 4.68 Å². The van der Waals surface area contributed by atoms with E-state index in [1.165, 1.54) is 0 Å². The number of nitrogens with zero attached hydrogens (tertiary/aromatic N) is 3. The number of anilines is 1. The first kappa shape index (κ1) is 11.5. The molecule has 2 N–H and O–H groups in total. The minimum Gasteiger partial charge on any atom is -0.497 e. The molecule has 19 heavy (non-hydrogen) atoms. The molecule has 0 amide bonds. The summed E-state index contributed by atoms with van der Waals surface area (Å²) in [5, 5.41) is 8.29. The highest BCUT2D eigenvalue weighted by Gasteiger charge is 2.07. The first-order chi connectivity index (χ1) is 9.28. The standard InChI is InChI=1S/C14H14N4O/c1-19-11-6-7-12(15)10(8-11)9-18-14-5-3-2-4-13(14)16-17-18/h2-8H,9,15H2,1H3. The van der Waals surface area contributed by atoms with Crippen LogP contribution in [-0.4, -0.2) is 22.1 Å². The van der Waals surface area contributed by atoms with Crippen molar-refractivity contribution in [2.75, 3.05) is 12.8 Å². The van der Waals surface area contributed by atoms with Gasteiger partial charge in [0.25, 0.3) is 0 Å². The van der Waals surface area contributed by atoms with E-state index in [0.29, 0.717) is 6.54 Å². The van der Waals surface area contributed by atoms with Crippen molar-refractivity contribution in [2.45, 2.75) is 6.54 Å². The molecular weight excluding hydrogens is 240 g/mol. The smallest absolute Gasteiger partial charge is 0.119 e. The third kappa shape index (κ3) is 2.10. The summed E-state index contributed by atoms with van der Waals surface area (Å²) >= 11 is 0. The number of nitrogens with two attached hydrogens (primary N) is 1. The normalized spacial score (nSPS) is 10.8. The predicted molar refractivity (Wildman–Crippen MR) is 74.0 cm³/mol. The molecule has 0 saturated carbocycles. The Morgan fingerprint density at radius 1 is 1.21 bits per heavy atom. The van der Waals surface area contributed by atoms with E-state index in [1.54, 1.807) is 7.11 Å². The van der Waals surface area contributed by atoms with Crippen LogP contribution in [-0.2, 0) is 6.54 Å². The Kier molecular flexibility index (Phi) is 2.79. The number of hydrogen-bond acceptors (Lipinski definition) is 4. The average molecular weight is 254 g/mol. The van der Waals surface area contributed by atoms with Crippen molar-refractivity contribution < 1.29 is 4.74 Å². The van der Waals surface area contributed by atoms with Gasteiger partial charge in [0.05, 0.1) is 19.2 Å². The fraction of sp³-hybridized carbons (Fsp3) is 0.143. The Hall–Kier alpha value is -2.56. The Labute approximate surface area is 110 Å². The number of aromatic nitrogens is 3. The molecule has 0 unspecified atom stereocenters. The third-order valence-electron chi connectivity index (χ3n) is 3.09. The Balaban J connectivity index is 2.01. The molecule has 0 aliphatic rings. The van der Waals surface area contributed by atoms with Gasteiger partial charge in [-0.15, -0.1) is 5.10 Å². The van der Waals surface area contributed by atoms with E-state index in [1.807, 2.05) is 47.1 Å². The van der Waals surface area contributed by atoms with Crippen LogP contribution in [0.1, 0.15) is 5.56 Å². The lowest BCUT2D eigenvalue weighted by molar-refractivity contribution is 0.414. The summed E-state index contributed by atoms with van der Waals surface area (Å²) in [6, 6.07) is 13.5. The molecule has 1 aromatic heterocycles. The molecule has 5 heteroatoms. The molecule has 1 heterocycles. The summed E-state index contributed by atoms with van der Waals surface area (Å²) in [5.74, 6) is 0.786. The first-order valence-corrected chi connectivity index (χ1v) is 5.98. The van der Waals surface area contributed by atoms with Crippen LogP contribution < -0.4 is 10.5 Å². The molecule has 0 aliphatic heterocycles. The number of methoxy groups -OCH3 is 1. The molecule has 96 valence electrons. The Morgan fingerprint density at radius 2 is 2.05 bits per heavy atom. The van der Waals surface area contributed by atoms with E-state index in [9.17, 15) is 0 Å². The van der Waals surface area contributed by atoms with Crippen molar-refractivity contribution in [1.29, 1.82) is 0 Å². The molecule has 5 nitrogen and oxygen atoms in total. The molecule has 3 rings (SSSR count). The summed E-state index contributed by atoms with van der Waals surface area (Å²) in [7, 11) is 1.64. The van der Waals surface area contributed by atoms with Crippen LogP contribution in [0.2, 0.25) is 0 Å². The van der Waals surface area contributed by atoms with Crippen LogP contribution in [0, 0.1) is 0 Å². The molecule has 0 saturated heterocycles. The fourth-order valence-corrected chi connectivity index (χ4v) is 2.04. The minimum atomic E-state index is 0.573. The van der Waals surface area contributed by atoms with E-state index in [4.69, 9.17) is 10.5 Å². The van der Waals surface area contributed by atoms with E-state index in [-0.39, 0.29) is 0 Å². The van der Waals surface area contributed by atoms with E-state index in [2.05, 4.69) is 10.3 Å². The van der Waals surface area contributed by atoms with Crippen LogP contribution in [0.25, 0.3) is 11.0 Å². The highest BCUT2D eigenvalue weighted by molar-refractivity contribution is 5.74. The fourth-order valence-electron chi connectivity index (χ4n) is 2.04. The first-order valence-electron chi connectivity index (χ1n) is 5.98. The second kappa shape index (κ2) is 4.61. The topological polar surface area (TPSA) is 66.0 Å². The van der Waals surface area contributed by atoms with Gasteiger partial charge in [-0.2, -0.15) is 0 Å². The largest absolute Gasteiger partial charge is 0.497 e. The SMILES string of the molecule is COc1ccc(N)c(Cn2nnc3ccccc32)c1. The molecule has 0 fully saturated rings. The van der Waals surface area contributed by atoms with Crippen molar-refractivity contribution in [2.24, 2.45) is 0 Å². The van der Waals surface area contributed by atoms with Crippen LogP contribution in [0.5, 0.6) is 5.75 Å². The van der Waals surface area contributed by atoms with Crippen molar-refractivity contribution in [1.82, 2.24) is 15.0 Å². The van der Waals surface area contributed by atoms with E-state index >= 15 is 0 Å². The van der Waals surface area contributed by atoms with Crippen molar-refractivity contribution >= 4 is 16.7 Å². The van der Waals surface area contributed by atoms with Crippen LogP contribution in [0.3, 0.4) is 0 Å². The lowest BCUT2D eigenvalue weighted by Gasteiger charge is -2.08. The number of hydrogen-bond donors (Lipinski definition) is 1. The van der Waals surface area contributed by atoms with Gasteiger partial charge in [-0.1, -0.05) is 17.3 Å². The highest BCUT2D eigenvalue weighted by atomic mass is 16.5. The third-order valence-corrected chi connectivity index (χ3v) is 3.09. The molecule has 0 spiro atoms. The predicted octanol–water partition coefficient (Wildman–Crippen LogP) is 2.07. The van der Waals surface area contributed by atoms with Gasteiger partial charge in [0, 0.05) is 11.3 Å². The summed E-state index contributed by atoms with van der Waals surface area (Å²) in [6.45, 7) is 0.573. The lowest BCUT2D eigenvalue weighted by Crippen LogP contribution is -2.05. The highest BCUT2D eigenvalue weighted by Crippen LogP contribution is 2.21. The second-order valence-electron chi connectivity index (χ2n) is 4.30. The zero-order valence-electron chi connectivity index (χ0n) is 10.6. The summed E-state index contributed by atoms with van der Waals surface area (Å²) in [5.41, 5.74) is 9.55. The van der Waals surface area contributed by atoms with Gasteiger partial charge in [0.15, 0.2) is 0 Å². The maximum Gasteiger partial charge on any atom is 0.119 e. The average Bonchev–Trinajstić information content (AvgIpc) is 2.85. The van der Waals surface area contributed by atoms with Crippen molar-refractivity contribution in [3.05, 3.63) is 48.0 Å². The van der Waals surface area contributed by atoms with Crippen molar-refractivity contribution in [3.63, 3.8) is 0 Å². The molecule has 3 aromatic rings. The monoisotopic (exact) mass is 254 g/mol. The number of rotatable bonds is 3. The zero-order valence-corrected chi connectivity index (χ0v) is 10.6. The molecule has 0 atom stereocenters. The Bertz CT molecular complexity index is 720. The number of fused-ring (bicyclic) bond motifs is 1. The Morgan fingerprint density at radius 3 is 2.89 bits per heavy atom. The quantitative estimate of drug-likeness (QED) is 0.727. The van der Waals surface area contributed by atoms with Crippen molar-refractivity contribution in [3.8, 4) is 5.75 Å². The van der Waals surface area contributed by atoms with Gasteiger partial charge in [0.2, 0.25) is 0 Å². The van der Waals surface area contributed by atoms with E-state index in [0.717, 1.165) is 28.0 Å². The summed E-state index contributed by atoms with van der Waals surface area (Å²) < 4.78 is 7.05. The molecule has 2 aromatic carbocycles. The summed E-state index contributed by atoms with van der Waals surface area (Å²) in [6.07, 6.45) is 0. The zero-order chi connectivity index (χ0) is 13.2. The molecule has 0 aliphatic carbocycles. The molecular formula is C14H14N4O. The molecule has 0 radical (unpaired) electrons. The number of ether oxygens (including phenoxy) is 1. The second-order valence-corrected chi connectivity index (χ2v) is 4.30.